The number of carbonyl (C=O) groups is 1. The van der Waals surface area contributed by atoms with Crippen LogP contribution in [0.2, 0.25) is 10.0 Å². The first-order chi connectivity index (χ1) is 14.5. The highest BCUT2D eigenvalue weighted by atomic mass is 35.5. The predicted molar refractivity (Wildman–Crippen MR) is 116 cm³/mol. The van der Waals surface area contributed by atoms with E-state index in [9.17, 15) is 18.0 Å². The molecule has 6 nitrogen and oxygen atoms in total. The maximum Gasteiger partial charge on any atom is 0.441 e. The second-order valence-electron chi connectivity index (χ2n) is 6.68. The molecule has 0 saturated carbocycles. The van der Waals surface area contributed by atoms with E-state index < -0.39 is 23.0 Å². The maximum absolute atomic E-state index is 13.0. The number of halogens is 5. The molecule has 160 valence electrons. The number of hydrogen-bond acceptors (Lipinski definition) is 4. The summed E-state index contributed by atoms with van der Waals surface area (Å²) in [4.78, 5) is 16.1. The molecule has 0 atom stereocenters. The van der Waals surface area contributed by atoms with Gasteiger partial charge in [-0.1, -0.05) is 23.2 Å². The molecule has 1 amide bonds. The fraction of sp³-hybridized carbons (Fsp3) is 0.158. The van der Waals surface area contributed by atoms with Gasteiger partial charge in [-0.25, -0.2) is 0 Å². The number of rotatable bonds is 2. The van der Waals surface area contributed by atoms with Crippen LogP contribution in [0.3, 0.4) is 0 Å². The average Bonchev–Trinajstić information content (AvgIpc) is 3.22. The van der Waals surface area contributed by atoms with Crippen LogP contribution < -0.4 is 0 Å². The van der Waals surface area contributed by atoms with Gasteiger partial charge in [0.05, 0.1) is 16.3 Å². The Morgan fingerprint density at radius 2 is 1.90 bits per heavy atom. The Hall–Kier alpha value is -2.56. The van der Waals surface area contributed by atoms with E-state index in [1.807, 2.05) is 11.5 Å². The number of amides is 1. The lowest BCUT2D eigenvalue weighted by Crippen LogP contribution is -2.35. The molecule has 0 radical (unpaired) electrons. The molecule has 1 aromatic heterocycles. The number of aryl methyl sites for hydroxylation is 1. The first kappa shape index (κ1) is 21.7. The number of hydrazone groups is 1. The van der Waals surface area contributed by atoms with Crippen molar-refractivity contribution < 1.29 is 18.0 Å². The number of hydrogen-bond donors (Lipinski definition) is 1. The SMILES string of the molecule is Cc1cc(/C=C2/C(=N)N3N=C(C(F)(F)F)SC3=NC2=O)c(C)n1-c1cc(Cl)ccc1Cl. The summed E-state index contributed by atoms with van der Waals surface area (Å²) < 4.78 is 40.7. The van der Waals surface area contributed by atoms with Crippen LogP contribution >= 0.6 is 35.0 Å². The molecule has 0 unspecified atom stereocenters. The Balaban J connectivity index is 1.77. The largest absolute Gasteiger partial charge is 0.441 e. The van der Waals surface area contributed by atoms with Crippen LogP contribution in [0.4, 0.5) is 13.2 Å². The zero-order chi connectivity index (χ0) is 22.7. The molecule has 1 N–H and O–H groups in total. The van der Waals surface area contributed by atoms with Crippen molar-refractivity contribution in [1.82, 2.24) is 9.58 Å². The van der Waals surface area contributed by atoms with E-state index >= 15 is 0 Å². The topological polar surface area (TPSA) is 73.8 Å². The lowest BCUT2D eigenvalue weighted by atomic mass is 10.1. The van der Waals surface area contributed by atoms with Gasteiger partial charge in [0, 0.05) is 16.4 Å². The van der Waals surface area contributed by atoms with Crippen molar-refractivity contribution >= 4 is 63.0 Å². The number of nitrogens with one attached hydrogen (secondary N) is 1. The fourth-order valence-electron chi connectivity index (χ4n) is 3.22. The first-order valence-electron chi connectivity index (χ1n) is 8.69. The number of benzene rings is 1. The number of nitrogens with zero attached hydrogens (tertiary/aromatic N) is 4. The molecule has 2 aliphatic rings. The third-order valence-corrected chi connectivity index (χ3v) is 6.12. The van der Waals surface area contributed by atoms with E-state index in [0.29, 0.717) is 32.0 Å². The van der Waals surface area contributed by atoms with Crippen molar-refractivity contribution in [2.45, 2.75) is 20.0 Å². The smallest absolute Gasteiger partial charge is 0.316 e. The summed E-state index contributed by atoms with van der Waals surface area (Å²) in [5.41, 5.74) is 2.51. The van der Waals surface area contributed by atoms with Crippen LogP contribution in [0.15, 0.2) is 39.9 Å². The number of aliphatic imine (C=N–C) groups is 1. The minimum atomic E-state index is -4.70. The molecule has 0 fully saturated rings. The molecule has 0 bridgehead atoms. The lowest BCUT2D eigenvalue weighted by Gasteiger charge is -2.20. The maximum atomic E-state index is 13.0. The van der Waals surface area contributed by atoms with E-state index in [0.717, 1.165) is 5.69 Å². The van der Waals surface area contributed by atoms with Crippen molar-refractivity contribution in [2.75, 3.05) is 0 Å². The Bertz CT molecular complexity index is 1250. The van der Waals surface area contributed by atoms with E-state index in [-0.39, 0.29) is 22.5 Å². The van der Waals surface area contributed by atoms with Crippen LogP contribution in [-0.2, 0) is 4.79 Å². The van der Waals surface area contributed by atoms with Gasteiger partial charge in [0.1, 0.15) is 0 Å². The van der Waals surface area contributed by atoms with Crippen LogP contribution in [0.25, 0.3) is 11.8 Å². The van der Waals surface area contributed by atoms with Gasteiger partial charge >= 0.3 is 6.18 Å². The van der Waals surface area contributed by atoms with Crippen molar-refractivity contribution in [3.63, 3.8) is 0 Å². The Morgan fingerprint density at radius 1 is 1.19 bits per heavy atom. The van der Waals surface area contributed by atoms with Gasteiger partial charge in [0.25, 0.3) is 5.91 Å². The third-order valence-electron chi connectivity index (χ3n) is 4.62. The molecule has 31 heavy (non-hydrogen) atoms. The highest BCUT2D eigenvalue weighted by molar-refractivity contribution is 8.27. The van der Waals surface area contributed by atoms with E-state index in [4.69, 9.17) is 28.6 Å². The van der Waals surface area contributed by atoms with Crippen LogP contribution in [0.5, 0.6) is 0 Å². The van der Waals surface area contributed by atoms with Crippen molar-refractivity contribution in [1.29, 1.82) is 5.41 Å². The Labute approximate surface area is 188 Å². The Kier molecular flexibility index (Phi) is 5.27. The molecule has 4 rings (SSSR count). The van der Waals surface area contributed by atoms with Gasteiger partial charge in [-0.2, -0.15) is 28.3 Å². The monoisotopic (exact) mass is 485 g/mol. The van der Waals surface area contributed by atoms with E-state index in [2.05, 4.69) is 10.1 Å². The normalized spacial score (nSPS) is 17.9. The third kappa shape index (κ3) is 3.79. The van der Waals surface area contributed by atoms with Crippen molar-refractivity contribution in [2.24, 2.45) is 10.1 Å². The molecule has 12 heteroatoms. The van der Waals surface area contributed by atoms with E-state index in [1.54, 1.807) is 31.2 Å². The van der Waals surface area contributed by atoms with Crippen LogP contribution in [0.1, 0.15) is 17.0 Å². The lowest BCUT2D eigenvalue weighted by molar-refractivity contribution is -0.114. The summed E-state index contributed by atoms with van der Waals surface area (Å²) >= 11 is 12.6. The van der Waals surface area contributed by atoms with Gasteiger partial charge in [-0.15, -0.1) is 0 Å². The second kappa shape index (κ2) is 7.54. The molecule has 0 aliphatic carbocycles. The minimum Gasteiger partial charge on any atom is -0.316 e. The molecule has 0 spiro atoms. The number of carbonyl (C=O) groups excluding carboxylic acids is 1. The molecular weight excluding hydrogens is 474 g/mol. The average molecular weight is 486 g/mol. The van der Waals surface area contributed by atoms with Crippen molar-refractivity contribution in [3.8, 4) is 5.69 Å². The van der Waals surface area contributed by atoms with Crippen LogP contribution in [-0.4, -0.2) is 37.7 Å². The number of alkyl halides is 3. The second-order valence-corrected chi connectivity index (χ2v) is 8.48. The summed E-state index contributed by atoms with van der Waals surface area (Å²) in [5, 5.41) is 11.8. The molecule has 2 aromatic rings. The number of amidine groups is 2. The number of thioether (sulfide) groups is 1. The van der Waals surface area contributed by atoms with Gasteiger partial charge in [0.2, 0.25) is 10.2 Å². The Morgan fingerprint density at radius 3 is 2.58 bits per heavy atom. The quantitative estimate of drug-likeness (QED) is 0.564. The summed E-state index contributed by atoms with van der Waals surface area (Å²) in [6.07, 6.45) is -3.28. The standard InChI is InChI=1S/C19H12Cl2F3N5OS/c1-8-5-10(9(2)28(8)14-7-11(20)3-4-13(14)21)6-12-15(25)29-18(26-16(12)30)31-17(27-29)19(22,23)24/h3-7,25H,1-2H3/b12-6-,25-15?. The van der Waals surface area contributed by atoms with Crippen LogP contribution in [0, 0.1) is 19.3 Å². The molecule has 2 aliphatic heterocycles. The van der Waals surface area contributed by atoms with Gasteiger partial charge < -0.3 is 4.57 Å². The number of aromatic nitrogens is 1. The molecular formula is C19H12Cl2F3N5OS. The summed E-state index contributed by atoms with van der Waals surface area (Å²) in [6, 6.07) is 6.78. The van der Waals surface area contributed by atoms with Gasteiger partial charge in [-0.05, 0) is 61.5 Å². The predicted octanol–water partition coefficient (Wildman–Crippen LogP) is 5.58. The summed E-state index contributed by atoms with van der Waals surface area (Å²) in [7, 11) is 0. The van der Waals surface area contributed by atoms with E-state index in [1.165, 1.54) is 6.08 Å². The zero-order valence-corrected chi connectivity index (χ0v) is 18.2. The highest BCUT2D eigenvalue weighted by Crippen LogP contribution is 2.36. The summed E-state index contributed by atoms with van der Waals surface area (Å²) in [5.74, 6) is -1.29. The molecule has 1 aromatic carbocycles. The summed E-state index contributed by atoms with van der Waals surface area (Å²) in [6.45, 7) is 3.61. The van der Waals surface area contributed by atoms with Gasteiger partial charge in [-0.3, -0.25) is 10.2 Å². The van der Waals surface area contributed by atoms with Gasteiger partial charge in [0.15, 0.2) is 5.84 Å². The fourth-order valence-corrected chi connectivity index (χ4v) is 4.35. The zero-order valence-electron chi connectivity index (χ0n) is 15.9. The van der Waals surface area contributed by atoms with Crippen molar-refractivity contribution in [3.05, 3.63) is 56.8 Å². The highest BCUT2D eigenvalue weighted by Gasteiger charge is 2.46. The minimum absolute atomic E-state index is 0.172. The molecule has 0 saturated heterocycles. The number of fused-ring (bicyclic) bond motifs is 1. The first-order valence-corrected chi connectivity index (χ1v) is 10.3. The molecule has 3 heterocycles.